The molecule has 2 N–H and O–H groups in total. The van der Waals surface area contributed by atoms with Crippen LogP contribution in [0.2, 0.25) is 0 Å². The largest absolute Gasteiger partial charge is 0.466 e. The van der Waals surface area contributed by atoms with Gasteiger partial charge in [0.25, 0.3) is 0 Å². The molecule has 0 radical (unpaired) electrons. The van der Waals surface area contributed by atoms with E-state index in [1.165, 1.54) is 12.5 Å². The van der Waals surface area contributed by atoms with Crippen LogP contribution in [0.15, 0.2) is 34.7 Å². The van der Waals surface area contributed by atoms with Gasteiger partial charge < -0.3 is 15.1 Å². The molecule has 1 aromatic heterocycles. The first-order chi connectivity index (χ1) is 10.4. The molecule has 2 unspecified atom stereocenters. The van der Waals surface area contributed by atoms with Crippen molar-refractivity contribution in [3.63, 3.8) is 0 Å². The molecule has 0 fully saturated rings. The van der Waals surface area contributed by atoms with Gasteiger partial charge in [0.1, 0.15) is 11.5 Å². The van der Waals surface area contributed by atoms with Crippen LogP contribution >= 0.6 is 0 Å². The summed E-state index contributed by atoms with van der Waals surface area (Å²) in [4.78, 5) is 11.2. The second-order valence-electron chi connectivity index (χ2n) is 5.79. The van der Waals surface area contributed by atoms with Crippen LogP contribution in [0, 0.1) is 13.8 Å². The number of carbonyl (C=O) groups is 1. The normalized spacial score (nSPS) is 13.7. The average molecular weight is 300 g/mol. The van der Waals surface area contributed by atoms with E-state index in [-0.39, 0.29) is 18.0 Å². The molecule has 4 heteroatoms. The average Bonchev–Trinajstić information content (AvgIpc) is 2.77. The van der Waals surface area contributed by atoms with Crippen LogP contribution in [0.1, 0.15) is 55.5 Å². The third-order valence-corrected chi connectivity index (χ3v) is 3.75. The molecule has 1 heterocycles. The van der Waals surface area contributed by atoms with E-state index >= 15 is 0 Å². The number of aryl methyl sites for hydroxylation is 2. The maximum absolute atomic E-state index is 11.2. The van der Waals surface area contributed by atoms with Crippen LogP contribution < -0.4 is 10.6 Å². The second-order valence-corrected chi connectivity index (χ2v) is 5.79. The zero-order chi connectivity index (χ0) is 16.3. The van der Waals surface area contributed by atoms with Crippen LogP contribution in [0.5, 0.6) is 0 Å². The van der Waals surface area contributed by atoms with E-state index in [1.807, 2.05) is 32.0 Å². The van der Waals surface area contributed by atoms with Gasteiger partial charge in [0.05, 0.1) is 0 Å². The van der Waals surface area contributed by atoms with Crippen molar-refractivity contribution >= 4 is 11.6 Å². The summed E-state index contributed by atoms with van der Waals surface area (Å²) in [6, 6.07) is 10.3. The minimum Gasteiger partial charge on any atom is -0.466 e. The lowest BCUT2D eigenvalue weighted by Crippen LogP contribution is -2.22. The molecule has 1 amide bonds. The number of rotatable bonds is 5. The maximum atomic E-state index is 11.2. The quantitative estimate of drug-likeness (QED) is 0.867. The fourth-order valence-electron chi connectivity index (χ4n) is 2.73. The first-order valence-electron chi connectivity index (χ1n) is 7.57. The highest BCUT2D eigenvalue weighted by molar-refractivity contribution is 5.88. The lowest BCUT2D eigenvalue weighted by molar-refractivity contribution is -0.114. The number of hydrogen-bond donors (Lipinski definition) is 2. The Balaban J connectivity index is 2.10. The van der Waals surface area contributed by atoms with Gasteiger partial charge in [-0.3, -0.25) is 4.79 Å². The van der Waals surface area contributed by atoms with Gasteiger partial charge in [-0.25, -0.2) is 0 Å². The summed E-state index contributed by atoms with van der Waals surface area (Å²) >= 11 is 0. The van der Waals surface area contributed by atoms with Crippen LogP contribution in [-0.4, -0.2) is 5.91 Å². The predicted octanol–water partition coefficient (Wildman–Crippen LogP) is 4.27. The van der Waals surface area contributed by atoms with Crippen molar-refractivity contribution in [1.82, 2.24) is 5.32 Å². The number of carbonyl (C=O) groups excluding carboxylic acids is 1. The molecule has 0 aliphatic rings. The number of nitrogens with one attached hydrogen (secondary N) is 2. The maximum Gasteiger partial charge on any atom is 0.221 e. The summed E-state index contributed by atoms with van der Waals surface area (Å²) in [7, 11) is 0. The number of anilines is 1. The third-order valence-electron chi connectivity index (χ3n) is 3.75. The van der Waals surface area contributed by atoms with Crippen LogP contribution in [0.4, 0.5) is 5.69 Å². The number of hydrogen-bond acceptors (Lipinski definition) is 3. The van der Waals surface area contributed by atoms with Gasteiger partial charge >= 0.3 is 0 Å². The highest BCUT2D eigenvalue weighted by atomic mass is 16.3. The molecule has 22 heavy (non-hydrogen) atoms. The first kappa shape index (κ1) is 16.3. The van der Waals surface area contributed by atoms with Gasteiger partial charge in [0.15, 0.2) is 0 Å². The molecule has 0 aliphatic carbocycles. The van der Waals surface area contributed by atoms with Crippen molar-refractivity contribution in [2.24, 2.45) is 0 Å². The van der Waals surface area contributed by atoms with Crippen molar-refractivity contribution in [2.75, 3.05) is 5.32 Å². The molecule has 0 saturated carbocycles. The van der Waals surface area contributed by atoms with E-state index < -0.39 is 0 Å². The minimum atomic E-state index is -0.0596. The highest BCUT2D eigenvalue weighted by Gasteiger charge is 2.16. The predicted molar refractivity (Wildman–Crippen MR) is 88.9 cm³/mol. The van der Waals surface area contributed by atoms with Gasteiger partial charge in [-0.05, 0) is 51.5 Å². The minimum absolute atomic E-state index is 0.0596. The Morgan fingerprint density at radius 2 is 1.86 bits per heavy atom. The molecule has 2 aromatic rings. The summed E-state index contributed by atoms with van der Waals surface area (Å²) < 4.78 is 5.60. The molecule has 2 rings (SSSR count). The van der Waals surface area contributed by atoms with Gasteiger partial charge in [-0.2, -0.15) is 0 Å². The summed E-state index contributed by atoms with van der Waals surface area (Å²) in [6.45, 7) is 9.71. The van der Waals surface area contributed by atoms with Crippen LogP contribution in [0.25, 0.3) is 0 Å². The molecule has 0 saturated heterocycles. The van der Waals surface area contributed by atoms with Gasteiger partial charge in [-0.15, -0.1) is 0 Å². The Morgan fingerprint density at radius 1 is 1.14 bits per heavy atom. The first-order valence-corrected chi connectivity index (χ1v) is 7.57. The van der Waals surface area contributed by atoms with E-state index in [9.17, 15) is 4.79 Å². The van der Waals surface area contributed by atoms with Crippen LogP contribution in [0.3, 0.4) is 0 Å². The van der Waals surface area contributed by atoms with Gasteiger partial charge in [-0.1, -0.05) is 12.1 Å². The highest BCUT2D eigenvalue weighted by Crippen LogP contribution is 2.25. The molecular formula is C18H24N2O2. The Bertz CT molecular complexity index is 661. The molecule has 0 aliphatic heterocycles. The summed E-state index contributed by atoms with van der Waals surface area (Å²) in [5.74, 6) is 1.83. The topological polar surface area (TPSA) is 54.3 Å². The molecular weight excluding hydrogens is 276 g/mol. The van der Waals surface area contributed by atoms with Crippen molar-refractivity contribution in [2.45, 2.75) is 46.7 Å². The number of amides is 1. The molecule has 118 valence electrons. The summed E-state index contributed by atoms with van der Waals surface area (Å²) in [6.07, 6.45) is 0. The standard InChI is InChI=1S/C18H24N2O2/c1-11-9-18(14(4)22-11)13(3)19-12(2)16-7-6-8-17(10-16)20-15(5)21/h6-10,12-13,19H,1-5H3,(H,20,21). The number of benzene rings is 1. The Labute approximate surface area is 131 Å². The number of furan rings is 1. The molecule has 1 aromatic carbocycles. The lowest BCUT2D eigenvalue weighted by Gasteiger charge is -2.20. The SMILES string of the molecule is CC(=O)Nc1cccc(C(C)NC(C)c2cc(C)oc2C)c1. The zero-order valence-electron chi connectivity index (χ0n) is 13.9. The molecule has 0 bridgehead atoms. The van der Waals surface area contributed by atoms with Crippen LogP contribution in [-0.2, 0) is 4.79 Å². The third kappa shape index (κ3) is 3.98. The van der Waals surface area contributed by atoms with E-state index in [2.05, 4.69) is 36.6 Å². The van der Waals surface area contributed by atoms with Crippen molar-refractivity contribution < 1.29 is 9.21 Å². The summed E-state index contributed by atoms with van der Waals surface area (Å²) in [5.41, 5.74) is 3.14. The molecule has 4 nitrogen and oxygen atoms in total. The fourth-order valence-corrected chi connectivity index (χ4v) is 2.73. The van der Waals surface area contributed by atoms with Crippen molar-refractivity contribution in [3.8, 4) is 0 Å². The second kappa shape index (κ2) is 6.79. The van der Waals surface area contributed by atoms with Crippen molar-refractivity contribution in [1.29, 1.82) is 0 Å². The zero-order valence-corrected chi connectivity index (χ0v) is 13.9. The summed E-state index contributed by atoms with van der Waals surface area (Å²) in [5, 5.41) is 6.39. The van der Waals surface area contributed by atoms with E-state index in [0.29, 0.717) is 0 Å². The monoisotopic (exact) mass is 300 g/mol. The fraction of sp³-hybridized carbons (Fsp3) is 0.389. The van der Waals surface area contributed by atoms with E-state index in [4.69, 9.17) is 4.42 Å². The van der Waals surface area contributed by atoms with Gasteiger partial charge in [0.2, 0.25) is 5.91 Å². The Kier molecular flexibility index (Phi) is 5.03. The van der Waals surface area contributed by atoms with Gasteiger partial charge in [0, 0.05) is 30.3 Å². The Hall–Kier alpha value is -2.07. The molecule has 0 spiro atoms. The van der Waals surface area contributed by atoms with E-state index in [1.54, 1.807) is 0 Å². The smallest absolute Gasteiger partial charge is 0.221 e. The van der Waals surface area contributed by atoms with Crippen molar-refractivity contribution in [3.05, 3.63) is 53.0 Å². The Morgan fingerprint density at radius 3 is 2.45 bits per heavy atom. The van der Waals surface area contributed by atoms with E-state index in [0.717, 1.165) is 22.8 Å². The molecule has 2 atom stereocenters. The lowest BCUT2D eigenvalue weighted by atomic mass is 10.0.